The maximum absolute atomic E-state index is 14.0. The smallest absolute Gasteiger partial charge is 0.250 e. The fraction of sp³-hybridized carbons (Fsp3) is 0.333. The molecule has 1 unspecified atom stereocenters. The highest BCUT2D eigenvalue weighted by molar-refractivity contribution is 5.34. The van der Waals surface area contributed by atoms with Crippen LogP contribution >= 0.6 is 0 Å². The van der Waals surface area contributed by atoms with Gasteiger partial charge in [0, 0.05) is 30.1 Å². The van der Waals surface area contributed by atoms with Gasteiger partial charge in [0.2, 0.25) is 5.88 Å². The molecule has 0 aliphatic carbocycles. The third kappa shape index (κ3) is 1.95. The van der Waals surface area contributed by atoms with Crippen LogP contribution in [-0.4, -0.2) is 27.0 Å². The molecule has 18 heavy (non-hydrogen) atoms. The molecule has 2 rings (SSSR count). The van der Waals surface area contributed by atoms with Crippen LogP contribution in [-0.2, 0) is 7.05 Å². The Hall–Kier alpha value is -1.95. The number of rotatable bonds is 3. The molecule has 0 aliphatic rings. The zero-order valence-corrected chi connectivity index (χ0v) is 10.4. The predicted octanol–water partition coefficient (Wildman–Crippen LogP) is 1.35. The van der Waals surface area contributed by atoms with Crippen LogP contribution in [0.2, 0.25) is 0 Å². The number of hydrogen-bond acceptors (Lipinski definition) is 4. The van der Waals surface area contributed by atoms with Gasteiger partial charge >= 0.3 is 0 Å². The summed E-state index contributed by atoms with van der Waals surface area (Å²) in [4.78, 5) is 3.73. The predicted molar refractivity (Wildman–Crippen MR) is 62.8 cm³/mol. The number of halogens is 1. The lowest BCUT2D eigenvalue weighted by molar-refractivity contribution is 0.211. The van der Waals surface area contributed by atoms with E-state index in [1.807, 2.05) is 6.92 Å². The molecule has 0 fully saturated rings. The minimum absolute atomic E-state index is 0.123. The van der Waals surface area contributed by atoms with E-state index >= 15 is 0 Å². The van der Waals surface area contributed by atoms with E-state index in [9.17, 15) is 9.50 Å². The molecule has 2 aromatic rings. The Morgan fingerprint density at radius 1 is 1.44 bits per heavy atom. The first-order valence-corrected chi connectivity index (χ1v) is 5.41. The fourth-order valence-electron chi connectivity index (χ4n) is 1.74. The number of methoxy groups -OCH3 is 1. The quantitative estimate of drug-likeness (QED) is 0.894. The van der Waals surface area contributed by atoms with E-state index < -0.39 is 11.9 Å². The summed E-state index contributed by atoms with van der Waals surface area (Å²) in [6.07, 6.45) is 1.83. The minimum atomic E-state index is -1.09. The molecule has 5 nitrogen and oxygen atoms in total. The van der Waals surface area contributed by atoms with E-state index in [4.69, 9.17) is 4.74 Å². The molecular formula is C12H14FN3O2. The van der Waals surface area contributed by atoms with Crippen molar-refractivity contribution >= 4 is 0 Å². The van der Waals surface area contributed by atoms with Crippen molar-refractivity contribution in [3.8, 4) is 5.88 Å². The maximum atomic E-state index is 14.0. The number of aliphatic hydroxyl groups is 1. The van der Waals surface area contributed by atoms with Gasteiger partial charge in [0.25, 0.3) is 0 Å². The van der Waals surface area contributed by atoms with Crippen molar-refractivity contribution in [3.63, 3.8) is 0 Å². The topological polar surface area (TPSA) is 60.2 Å². The molecule has 0 bridgehead atoms. The van der Waals surface area contributed by atoms with Gasteiger partial charge in [-0.1, -0.05) is 0 Å². The average Bonchev–Trinajstić information content (AvgIpc) is 2.70. The molecule has 0 amide bonds. The molecule has 0 aromatic carbocycles. The van der Waals surface area contributed by atoms with Crippen LogP contribution in [0.3, 0.4) is 0 Å². The lowest BCUT2D eigenvalue weighted by Gasteiger charge is -2.12. The third-order valence-corrected chi connectivity index (χ3v) is 2.94. The number of nitrogens with zero attached hydrogens (tertiary/aromatic N) is 3. The van der Waals surface area contributed by atoms with Crippen LogP contribution in [0.5, 0.6) is 5.88 Å². The molecule has 0 radical (unpaired) electrons. The molecule has 2 heterocycles. The van der Waals surface area contributed by atoms with Crippen LogP contribution in [0.4, 0.5) is 4.39 Å². The van der Waals surface area contributed by atoms with E-state index in [1.54, 1.807) is 11.7 Å². The Bertz CT molecular complexity index is 568. The lowest BCUT2D eigenvalue weighted by Crippen LogP contribution is -2.06. The summed E-state index contributed by atoms with van der Waals surface area (Å²) in [5.74, 6) is -0.788. The molecule has 0 aliphatic heterocycles. The van der Waals surface area contributed by atoms with E-state index in [0.29, 0.717) is 5.56 Å². The normalized spacial score (nSPS) is 12.5. The molecule has 2 aromatic heterocycles. The zero-order chi connectivity index (χ0) is 13.3. The van der Waals surface area contributed by atoms with Crippen molar-refractivity contribution in [1.29, 1.82) is 0 Å². The molecule has 0 saturated heterocycles. The van der Waals surface area contributed by atoms with Crippen LogP contribution < -0.4 is 4.74 Å². The number of aliphatic hydroxyl groups excluding tert-OH is 1. The number of pyridine rings is 1. The van der Waals surface area contributed by atoms with E-state index in [0.717, 1.165) is 5.69 Å². The van der Waals surface area contributed by atoms with E-state index in [1.165, 1.54) is 25.6 Å². The van der Waals surface area contributed by atoms with Gasteiger partial charge in [-0.25, -0.2) is 9.37 Å². The Morgan fingerprint density at radius 3 is 2.72 bits per heavy atom. The molecular weight excluding hydrogens is 237 g/mol. The van der Waals surface area contributed by atoms with Gasteiger partial charge in [-0.2, -0.15) is 5.10 Å². The molecule has 0 saturated carbocycles. The van der Waals surface area contributed by atoms with Crippen molar-refractivity contribution in [1.82, 2.24) is 14.8 Å². The summed E-state index contributed by atoms with van der Waals surface area (Å²) in [5, 5.41) is 14.2. The highest BCUT2D eigenvalue weighted by Gasteiger charge is 2.21. The van der Waals surface area contributed by atoms with Crippen molar-refractivity contribution in [3.05, 3.63) is 41.1 Å². The lowest BCUT2D eigenvalue weighted by atomic mass is 10.0. The van der Waals surface area contributed by atoms with Crippen molar-refractivity contribution in [2.45, 2.75) is 13.0 Å². The highest BCUT2D eigenvalue weighted by Crippen LogP contribution is 2.29. The number of aromatic nitrogens is 3. The first-order chi connectivity index (χ1) is 8.56. The van der Waals surface area contributed by atoms with Crippen LogP contribution in [0.15, 0.2) is 18.5 Å². The summed E-state index contributed by atoms with van der Waals surface area (Å²) >= 11 is 0. The summed E-state index contributed by atoms with van der Waals surface area (Å²) in [5.41, 5.74) is 1.46. The Morgan fingerprint density at radius 2 is 2.17 bits per heavy atom. The second-order valence-electron chi connectivity index (χ2n) is 3.93. The third-order valence-electron chi connectivity index (χ3n) is 2.94. The maximum Gasteiger partial charge on any atom is 0.250 e. The molecule has 1 atom stereocenters. The molecule has 6 heteroatoms. The second-order valence-corrected chi connectivity index (χ2v) is 3.93. The Kier molecular flexibility index (Phi) is 3.29. The summed E-state index contributed by atoms with van der Waals surface area (Å²) in [7, 11) is 3.09. The minimum Gasteiger partial charge on any atom is -0.479 e. The van der Waals surface area contributed by atoms with Crippen molar-refractivity contribution < 1.29 is 14.2 Å². The van der Waals surface area contributed by atoms with Gasteiger partial charge in [-0.3, -0.25) is 4.68 Å². The largest absolute Gasteiger partial charge is 0.479 e. The Balaban J connectivity index is 2.46. The first kappa shape index (κ1) is 12.5. The average molecular weight is 251 g/mol. The summed E-state index contributed by atoms with van der Waals surface area (Å²) in [6.45, 7) is 1.81. The number of aryl methyl sites for hydroxylation is 1. The molecule has 1 N–H and O–H groups in total. The standard InChI is InChI=1S/C12H14FN3O2/c1-7-9(6-15-16(7)2)11(17)8-4-5-14-12(18-3)10(8)13/h4-6,11,17H,1-3H3. The second kappa shape index (κ2) is 4.73. The zero-order valence-electron chi connectivity index (χ0n) is 10.4. The first-order valence-electron chi connectivity index (χ1n) is 5.41. The summed E-state index contributed by atoms with van der Waals surface area (Å²) < 4.78 is 20.4. The Labute approximate surface area is 104 Å². The highest BCUT2D eigenvalue weighted by atomic mass is 19.1. The SMILES string of the molecule is COc1nccc(C(O)c2cnn(C)c2C)c1F. The van der Waals surface area contributed by atoms with Crippen molar-refractivity contribution in [2.75, 3.05) is 7.11 Å². The fourth-order valence-corrected chi connectivity index (χ4v) is 1.74. The number of ether oxygens (including phenoxy) is 1. The van der Waals surface area contributed by atoms with Crippen LogP contribution in [0.25, 0.3) is 0 Å². The molecule has 0 spiro atoms. The van der Waals surface area contributed by atoms with E-state index in [2.05, 4.69) is 10.1 Å². The van der Waals surface area contributed by atoms with Gasteiger partial charge < -0.3 is 9.84 Å². The number of hydrogen-bond donors (Lipinski definition) is 1. The van der Waals surface area contributed by atoms with Crippen molar-refractivity contribution in [2.24, 2.45) is 7.05 Å². The van der Waals surface area contributed by atoms with Crippen LogP contribution in [0.1, 0.15) is 22.9 Å². The van der Waals surface area contributed by atoms with Gasteiger partial charge in [0.05, 0.1) is 13.3 Å². The molecule has 96 valence electrons. The van der Waals surface area contributed by atoms with Gasteiger partial charge in [0.1, 0.15) is 6.10 Å². The summed E-state index contributed by atoms with van der Waals surface area (Å²) in [6, 6.07) is 1.43. The monoisotopic (exact) mass is 251 g/mol. The van der Waals surface area contributed by atoms with E-state index in [-0.39, 0.29) is 11.4 Å². The van der Waals surface area contributed by atoms with Gasteiger partial charge in [0.15, 0.2) is 5.82 Å². The van der Waals surface area contributed by atoms with Gasteiger partial charge in [-0.05, 0) is 13.0 Å². The van der Waals surface area contributed by atoms with Crippen LogP contribution in [0, 0.1) is 12.7 Å². The van der Waals surface area contributed by atoms with Gasteiger partial charge in [-0.15, -0.1) is 0 Å².